The molecule has 1 unspecified atom stereocenters. The highest BCUT2D eigenvalue weighted by Gasteiger charge is 2.18. The summed E-state index contributed by atoms with van der Waals surface area (Å²) in [6.45, 7) is 6.47. The summed E-state index contributed by atoms with van der Waals surface area (Å²) in [5.41, 5.74) is 6.42. The third-order valence-corrected chi connectivity index (χ3v) is 4.35. The molecule has 0 aliphatic rings. The Hall–Kier alpha value is -1.28. The van der Waals surface area contributed by atoms with Gasteiger partial charge in [0.15, 0.2) is 0 Å². The zero-order valence-corrected chi connectivity index (χ0v) is 13.4. The Kier molecular flexibility index (Phi) is 4.31. The molecule has 2 aromatic rings. The molecule has 0 heterocycles. The van der Waals surface area contributed by atoms with Gasteiger partial charge in [-0.05, 0) is 43.5 Å². The van der Waals surface area contributed by atoms with E-state index >= 15 is 0 Å². The van der Waals surface area contributed by atoms with Gasteiger partial charge >= 0.3 is 0 Å². The van der Waals surface area contributed by atoms with Gasteiger partial charge in [-0.15, -0.1) is 0 Å². The molecule has 19 heavy (non-hydrogen) atoms. The number of methoxy groups -OCH3 is 1. The lowest BCUT2D eigenvalue weighted by Crippen LogP contribution is -2.02. The van der Waals surface area contributed by atoms with Gasteiger partial charge in [0.1, 0.15) is 5.75 Å². The summed E-state index contributed by atoms with van der Waals surface area (Å²) >= 11 is 3.83. The van der Waals surface area contributed by atoms with Gasteiger partial charge in [-0.2, -0.15) is 0 Å². The Balaban J connectivity index is 2.53. The molecule has 0 N–H and O–H groups in total. The summed E-state index contributed by atoms with van der Waals surface area (Å²) in [5, 5.41) is 0. The lowest BCUT2D eigenvalue weighted by atomic mass is 9.94. The van der Waals surface area contributed by atoms with Crippen molar-refractivity contribution in [1.82, 2.24) is 0 Å². The Morgan fingerprint density at radius 3 is 2.16 bits per heavy atom. The molecule has 1 atom stereocenters. The maximum Gasteiger partial charge on any atom is 0.123 e. The quantitative estimate of drug-likeness (QED) is 0.715. The van der Waals surface area contributed by atoms with Crippen molar-refractivity contribution in [3.8, 4) is 5.75 Å². The number of ether oxygens (including phenoxy) is 1. The number of para-hydroxylation sites is 1. The van der Waals surface area contributed by atoms with Crippen molar-refractivity contribution in [1.29, 1.82) is 0 Å². The van der Waals surface area contributed by atoms with E-state index < -0.39 is 0 Å². The van der Waals surface area contributed by atoms with Crippen LogP contribution in [-0.4, -0.2) is 7.11 Å². The molecule has 2 rings (SSSR count). The van der Waals surface area contributed by atoms with Crippen LogP contribution in [0, 0.1) is 20.8 Å². The SMILES string of the molecule is COc1ccccc1C(Br)c1c(C)cc(C)cc1C. The Morgan fingerprint density at radius 2 is 1.58 bits per heavy atom. The number of hydrogen-bond donors (Lipinski definition) is 0. The minimum atomic E-state index is 0.157. The summed E-state index contributed by atoms with van der Waals surface area (Å²) < 4.78 is 5.46. The average Bonchev–Trinajstić information content (AvgIpc) is 2.37. The highest BCUT2D eigenvalue weighted by molar-refractivity contribution is 9.09. The van der Waals surface area contributed by atoms with Gasteiger partial charge in [0.2, 0.25) is 0 Å². The van der Waals surface area contributed by atoms with Crippen molar-refractivity contribution < 1.29 is 4.74 Å². The molecule has 1 nitrogen and oxygen atoms in total. The van der Waals surface area contributed by atoms with E-state index in [1.54, 1.807) is 7.11 Å². The number of benzene rings is 2. The molecule has 0 aliphatic heterocycles. The third kappa shape index (κ3) is 2.84. The van der Waals surface area contributed by atoms with Crippen molar-refractivity contribution in [2.75, 3.05) is 7.11 Å². The van der Waals surface area contributed by atoms with Crippen LogP contribution >= 0.6 is 15.9 Å². The van der Waals surface area contributed by atoms with Gasteiger partial charge in [0.25, 0.3) is 0 Å². The Morgan fingerprint density at radius 1 is 1.00 bits per heavy atom. The van der Waals surface area contributed by atoms with E-state index in [2.05, 4.69) is 54.9 Å². The Bertz CT molecular complexity index is 567. The second kappa shape index (κ2) is 5.79. The summed E-state index contributed by atoms with van der Waals surface area (Å²) in [4.78, 5) is 0.157. The van der Waals surface area contributed by atoms with E-state index in [9.17, 15) is 0 Å². The lowest BCUT2D eigenvalue weighted by Gasteiger charge is -2.19. The molecule has 100 valence electrons. The van der Waals surface area contributed by atoms with Gasteiger partial charge in [-0.1, -0.05) is 51.8 Å². The molecule has 0 fully saturated rings. The highest BCUT2D eigenvalue weighted by atomic mass is 79.9. The predicted molar refractivity (Wildman–Crippen MR) is 84.4 cm³/mol. The fourth-order valence-electron chi connectivity index (χ4n) is 2.62. The maximum atomic E-state index is 5.46. The van der Waals surface area contributed by atoms with E-state index in [1.165, 1.54) is 27.8 Å². The Labute approximate surface area is 123 Å². The molecule has 2 aromatic carbocycles. The topological polar surface area (TPSA) is 9.23 Å². The van der Waals surface area contributed by atoms with E-state index in [0.29, 0.717) is 0 Å². The molecular formula is C17H19BrO. The number of rotatable bonds is 3. The van der Waals surface area contributed by atoms with Crippen molar-refractivity contribution in [3.63, 3.8) is 0 Å². The summed E-state index contributed by atoms with van der Waals surface area (Å²) in [6, 6.07) is 12.6. The smallest absolute Gasteiger partial charge is 0.123 e. The zero-order chi connectivity index (χ0) is 14.0. The lowest BCUT2D eigenvalue weighted by molar-refractivity contribution is 0.410. The van der Waals surface area contributed by atoms with Gasteiger partial charge < -0.3 is 4.74 Å². The van der Waals surface area contributed by atoms with Crippen LogP contribution in [0.3, 0.4) is 0 Å². The van der Waals surface area contributed by atoms with Gasteiger partial charge in [-0.25, -0.2) is 0 Å². The molecule has 0 aromatic heterocycles. The molecular weight excluding hydrogens is 300 g/mol. The molecule has 0 saturated heterocycles. The molecule has 0 radical (unpaired) electrons. The van der Waals surface area contributed by atoms with Crippen LogP contribution in [0.15, 0.2) is 36.4 Å². The molecule has 0 aliphatic carbocycles. The fraction of sp³-hybridized carbons (Fsp3) is 0.294. The summed E-state index contributed by atoms with van der Waals surface area (Å²) in [6.07, 6.45) is 0. The number of hydrogen-bond acceptors (Lipinski definition) is 1. The van der Waals surface area contributed by atoms with E-state index in [4.69, 9.17) is 4.74 Å². The van der Waals surface area contributed by atoms with E-state index in [0.717, 1.165) is 5.75 Å². The first-order valence-corrected chi connectivity index (χ1v) is 7.31. The first kappa shape index (κ1) is 14.1. The van der Waals surface area contributed by atoms with Crippen LogP contribution in [0.2, 0.25) is 0 Å². The predicted octanol–water partition coefficient (Wildman–Crippen LogP) is 5.10. The molecule has 0 saturated carbocycles. The van der Waals surface area contributed by atoms with Crippen molar-refractivity contribution >= 4 is 15.9 Å². The fourth-order valence-corrected chi connectivity index (χ4v) is 3.72. The number of alkyl halides is 1. The minimum absolute atomic E-state index is 0.157. The van der Waals surface area contributed by atoms with Crippen molar-refractivity contribution in [3.05, 3.63) is 64.2 Å². The largest absolute Gasteiger partial charge is 0.496 e. The summed E-state index contributed by atoms with van der Waals surface area (Å²) in [7, 11) is 1.72. The zero-order valence-electron chi connectivity index (χ0n) is 11.8. The van der Waals surface area contributed by atoms with E-state index in [-0.39, 0.29) is 4.83 Å². The summed E-state index contributed by atoms with van der Waals surface area (Å²) in [5.74, 6) is 0.920. The highest BCUT2D eigenvalue weighted by Crippen LogP contribution is 2.39. The standard InChI is InChI=1S/C17H19BrO/c1-11-9-12(2)16(13(3)10-11)17(18)14-7-5-6-8-15(14)19-4/h5-10,17H,1-4H3. The average molecular weight is 319 g/mol. The van der Waals surface area contributed by atoms with Crippen LogP contribution in [-0.2, 0) is 0 Å². The second-order valence-electron chi connectivity index (χ2n) is 4.92. The number of halogens is 1. The van der Waals surface area contributed by atoms with Gasteiger partial charge in [0, 0.05) is 5.56 Å². The molecule has 0 amide bonds. The van der Waals surface area contributed by atoms with Crippen LogP contribution in [0.5, 0.6) is 5.75 Å². The van der Waals surface area contributed by atoms with E-state index in [1.807, 2.05) is 18.2 Å². The normalized spacial score (nSPS) is 12.3. The third-order valence-electron chi connectivity index (χ3n) is 3.40. The van der Waals surface area contributed by atoms with Crippen molar-refractivity contribution in [2.24, 2.45) is 0 Å². The monoisotopic (exact) mass is 318 g/mol. The van der Waals surface area contributed by atoms with Crippen LogP contribution in [0.1, 0.15) is 32.6 Å². The van der Waals surface area contributed by atoms with Gasteiger partial charge in [0.05, 0.1) is 11.9 Å². The van der Waals surface area contributed by atoms with Crippen LogP contribution in [0.25, 0.3) is 0 Å². The molecule has 0 bridgehead atoms. The van der Waals surface area contributed by atoms with Crippen LogP contribution < -0.4 is 4.74 Å². The minimum Gasteiger partial charge on any atom is -0.496 e. The van der Waals surface area contributed by atoms with Crippen LogP contribution in [0.4, 0.5) is 0 Å². The van der Waals surface area contributed by atoms with Gasteiger partial charge in [-0.3, -0.25) is 0 Å². The first-order chi connectivity index (χ1) is 9.04. The first-order valence-electron chi connectivity index (χ1n) is 6.39. The van der Waals surface area contributed by atoms with Crippen molar-refractivity contribution in [2.45, 2.75) is 25.6 Å². The molecule has 2 heteroatoms. The number of aryl methyl sites for hydroxylation is 3. The second-order valence-corrected chi connectivity index (χ2v) is 5.83. The molecule has 0 spiro atoms. The maximum absolute atomic E-state index is 5.46.